The molecule has 0 aliphatic carbocycles. The molecule has 0 bridgehead atoms. The Bertz CT molecular complexity index is 533. The summed E-state index contributed by atoms with van der Waals surface area (Å²) in [5, 5.41) is 5.69. The zero-order chi connectivity index (χ0) is 16.7. The average molecular weight is 321 g/mol. The molecule has 2 aliphatic heterocycles. The highest BCUT2D eigenvalue weighted by molar-refractivity contribution is 5.96. The van der Waals surface area contributed by atoms with Gasteiger partial charge in [0.15, 0.2) is 0 Å². The molecule has 0 radical (unpaired) electrons. The molecule has 1 N–H and O–H groups in total. The fourth-order valence-corrected chi connectivity index (χ4v) is 2.71. The molecule has 0 saturated carbocycles. The lowest BCUT2D eigenvalue weighted by Gasteiger charge is -2.37. The van der Waals surface area contributed by atoms with E-state index in [-0.39, 0.29) is 5.91 Å². The SMILES string of the molecule is CN1C=C(C(=O)NCCC[N+]2(C)CCOCC2)C=C/C1=C/N=O. The van der Waals surface area contributed by atoms with E-state index in [1.165, 1.54) is 6.20 Å². The summed E-state index contributed by atoms with van der Waals surface area (Å²) >= 11 is 0. The van der Waals surface area contributed by atoms with Crippen LogP contribution in [-0.4, -0.2) is 68.8 Å². The van der Waals surface area contributed by atoms with E-state index < -0.39 is 0 Å². The molecule has 0 atom stereocenters. The lowest BCUT2D eigenvalue weighted by Crippen LogP contribution is -2.52. The Hall–Kier alpha value is -1.99. The van der Waals surface area contributed by atoms with Gasteiger partial charge in [0, 0.05) is 26.2 Å². The Kier molecular flexibility index (Phi) is 6.06. The van der Waals surface area contributed by atoms with Crippen LogP contribution in [0.5, 0.6) is 0 Å². The highest BCUT2D eigenvalue weighted by Crippen LogP contribution is 2.15. The monoisotopic (exact) mass is 321 g/mol. The molecule has 7 heteroatoms. The van der Waals surface area contributed by atoms with E-state index in [4.69, 9.17) is 4.74 Å². The Balaban J connectivity index is 1.75. The van der Waals surface area contributed by atoms with Crippen LogP contribution in [0.25, 0.3) is 0 Å². The van der Waals surface area contributed by atoms with E-state index >= 15 is 0 Å². The second-order valence-corrected chi connectivity index (χ2v) is 6.20. The lowest BCUT2D eigenvalue weighted by molar-refractivity contribution is -0.916. The standard InChI is InChI=1S/C16H24N4O3/c1-19-13-14(4-5-15(19)12-18-22)16(21)17-6-3-7-20(2)8-10-23-11-9-20/h4-5,12-13H,3,6-11H2,1-2H3/p+1/b15-12-. The number of hydrogen-bond acceptors (Lipinski definition) is 5. The third-order valence-corrected chi connectivity index (χ3v) is 4.33. The van der Waals surface area contributed by atoms with E-state index in [1.54, 1.807) is 30.3 Å². The molecule has 0 unspecified atom stereocenters. The molecule has 7 nitrogen and oxygen atoms in total. The van der Waals surface area contributed by atoms with Crippen molar-refractivity contribution >= 4 is 5.91 Å². The Morgan fingerprint density at radius 1 is 1.43 bits per heavy atom. The van der Waals surface area contributed by atoms with Crippen LogP contribution in [0.2, 0.25) is 0 Å². The number of allylic oxidation sites excluding steroid dienone is 1. The first-order chi connectivity index (χ1) is 11.0. The molecule has 1 saturated heterocycles. The number of hydrogen-bond donors (Lipinski definition) is 1. The normalized spacial score (nSPS) is 21.9. The summed E-state index contributed by atoms with van der Waals surface area (Å²) in [7, 11) is 4.01. The van der Waals surface area contributed by atoms with Crippen LogP contribution in [0.4, 0.5) is 0 Å². The molecule has 23 heavy (non-hydrogen) atoms. The minimum absolute atomic E-state index is 0.101. The van der Waals surface area contributed by atoms with Gasteiger partial charge in [0.1, 0.15) is 13.1 Å². The summed E-state index contributed by atoms with van der Waals surface area (Å²) in [6, 6.07) is 0. The zero-order valence-electron chi connectivity index (χ0n) is 13.8. The van der Waals surface area contributed by atoms with Gasteiger partial charge in [0.25, 0.3) is 5.91 Å². The number of rotatable bonds is 6. The first-order valence-electron chi connectivity index (χ1n) is 7.89. The van der Waals surface area contributed by atoms with E-state index in [0.717, 1.165) is 43.8 Å². The van der Waals surface area contributed by atoms with E-state index in [0.29, 0.717) is 17.8 Å². The maximum absolute atomic E-state index is 12.2. The maximum atomic E-state index is 12.2. The lowest BCUT2D eigenvalue weighted by atomic mass is 10.1. The van der Waals surface area contributed by atoms with Gasteiger partial charge in [-0.25, -0.2) is 0 Å². The fraction of sp³-hybridized carbons (Fsp3) is 0.562. The third kappa shape index (κ3) is 5.01. The van der Waals surface area contributed by atoms with Crippen LogP contribution >= 0.6 is 0 Å². The molecule has 126 valence electrons. The molecule has 1 amide bonds. The smallest absolute Gasteiger partial charge is 0.252 e. The van der Waals surface area contributed by atoms with Crippen LogP contribution in [0.3, 0.4) is 0 Å². The van der Waals surface area contributed by atoms with Gasteiger partial charge in [-0.15, -0.1) is 4.91 Å². The highest BCUT2D eigenvalue weighted by atomic mass is 16.5. The Morgan fingerprint density at radius 2 is 2.17 bits per heavy atom. The summed E-state index contributed by atoms with van der Waals surface area (Å²) in [5.74, 6) is -0.101. The number of carbonyl (C=O) groups excluding carboxylic acids is 1. The topological polar surface area (TPSA) is 71.0 Å². The molecule has 0 aromatic rings. The average Bonchev–Trinajstić information content (AvgIpc) is 2.54. The van der Waals surface area contributed by atoms with Crippen molar-refractivity contribution in [2.45, 2.75) is 6.42 Å². The fourth-order valence-electron chi connectivity index (χ4n) is 2.71. The maximum Gasteiger partial charge on any atom is 0.252 e. The van der Waals surface area contributed by atoms with Crippen LogP contribution in [0.1, 0.15) is 6.42 Å². The Labute approximate surface area is 136 Å². The van der Waals surface area contributed by atoms with Crippen molar-refractivity contribution < 1.29 is 14.0 Å². The van der Waals surface area contributed by atoms with Gasteiger partial charge in [-0.1, -0.05) is 0 Å². The van der Waals surface area contributed by atoms with Gasteiger partial charge < -0.3 is 19.4 Å². The summed E-state index contributed by atoms with van der Waals surface area (Å²) in [5.41, 5.74) is 1.23. The molecule has 2 heterocycles. The van der Waals surface area contributed by atoms with Crippen LogP contribution < -0.4 is 5.32 Å². The minimum atomic E-state index is -0.101. The minimum Gasteiger partial charge on any atom is -0.370 e. The van der Waals surface area contributed by atoms with Crippen molar-refractivity contribution in [3.05, 3.63) is 40.7 Å². The van der Waals surface area contributed by atoms with Crippen LogP contribution in [-0.2, 0) is 9.53 Å². The van der Waals surface area contributed by atoms with Gasteiger partial charge >= 0.3 is 0 Å². The number of likely N-dealkylation sites (N-methyl/N-ethyl adjacent to an activating group) is 2. The molecule has 0 aromatic heterocycles. The second-order valence-electron chi connectivity index (χ2n) is 6.20. The largest absolute Gasteiger partial charge is 0.370 e. The molecule has 0 aromatic carbocycles. The van der Waals surface area contributed by atoms with E-state index in [1.807, 2.05) is 0 Å². The summed E-state index contributed by atoms with van der Waals surface area (Å²) < 4.78 is 6.40. The summed E-state index contributed by atoms with van der Waals surface area (Å²) in [6.07, 6.45) is 7.25. The molecule has 0 spiro atoms. The Morgan fingerprint density at radius 3 is 2.83 bits per heavy atom. The molecular weight excluding hydrogens is 296 g/mol. The predicted molar refractivity (Wildman–Crippen MR) is 88.1 cm³/mol. The van der Waals surface area contributed by atoms with E-state index in [9.17, 15) is 9.70 Å². The van der Waals surface area contributed by atoms with Crippen molar-refractivity contribution in [2.24, 2.45) is 5.18 Å². The third-order valence-electron chi connectivity index (χ3n) is 4.33. The number of ether oxygens (including phenoxy) is 1. The number of amides is 1. The van der Waals surface area contributed by atoms with Gasteiger partial charge in [-0.05, 0) is 17.3 Å². The summed E-state index contributed by atoms with van der Waals surface area (Å²) in [6.45, 7) is 5.40. The second kappa shape index (κ2) is 8.03. The van der Waals surface area contributed by atoms with Gasteiger partial charge in [-0.3, -0.25) is 4.79 Å². The van der Waals surface area contributed by atoms with Crippen molar-refractivity contribution in [3.8, 4) is 0 Å². The first-order valence-corrected chi connectivity index (χ1v) is 7.89. The number of carbonyl (C=O) groups is 1. The quantitative estimate of drug-likeness (QED) is 0.449. The van der Waals surface area contributed by atoms with Crippen LogP contribution in [0.15, 0.2) is 41.0 Å². The van der Waals surface area contributed by atoms with Crippen molar-refractivity contribution in [1.82, 2.24) is 10.2 Å². The van der Waals surface area contributed by atoms with Crippen molar-refractivity contribution in [2.75, 3.05) is 53.5 Å². The highest BCUT2D eigenvalue weighted by Gasteiger charge is 2.24. The van der Waals surface area contributed by atoms with E-state index in [2.05, 4.69) is 17.5 Å². The van der Waals surface area contributed by atoms with Gasteiger partial charge in [0.2, 0.25) is 0 Å². The van der Waals surface area contributed by atoms with Crippen molar-refractivity contribution in [1.29, 1.82) is 0 Å². The molecular formula is C16H25N4O3+. The molecule has 1 fully saturated rings. The predicted octanol–water partition coefficient (Wildman–Crippen LogP) is 0.963. The zero-order valence-corrected chi connectivity index (χ0v) is 13.8. The molecule has 2 aliphatic rings. The van der Waals surface area contributed by atoms with Crippen LogP contribution in [0, 0.1) is 4.91 Å². The van der Waals surface area contributed by atoms with Crippen molar-refractivity contribution in [3.63, 3.8) is 0 Å². The van der Waals surface area contributed by atoms with Gasteiger partial charge in [0.05, 0.1) is 44.3 Å². The number of nitrogens with one attached hydrogen (secondary N) is 1. The number of morpholine rings is 1. The molecule has 2 rings (SSSR count). The summed E-state index contributed by atoms with van der Waals surface area (Å²) in [4.78, 5) is 24.1. The van der Waals surface area contributed by atoms with Gasteiger partial charge in [-0.2, -0.15) is 0 Å². The first kappa shape index (κ1) is 17.4. The number of nitroso groups, excluding NO2 is 1. The number of quaternary nitrogens is 1. The number of nitrogens with zero attached hydrogens (tertiary/aromatic N) is 3.